The summed E-state index contributed by atoms with van der Waals surface area (Å²) in [5, 5.41) is 4.56. The van der Waals surface area contributed by atoms with E-state index in [1.807, 2.05) is 0 Å². The van der Waals surface area contributed by atoms with Crippen molar-refractivity contribution >= 4 is 23.6 Å². The van der Waals surface area contributed by atoms with Gasteiger partial charge in [0.1, 0.15) is 0 Å². The molecule has 5 heteroatoms. The summed E-state index contributed by atoms with van der Waals surface area (Å²) in [5.41, 5.74) is 9.70. The number of rotatable bonds is 6. The number of hydrogen-bond acceptors (Lipinski definition) is 0. The summed E-state index contributed by atoms with van der Waals surface area (Å²) < 4.78 is -0.0663. The fourth-order valence-electron chi connectivity index (χ4n) is 6.39. The molecule has 0 heterocycles. The van der Waals surface area contributed by atoms with Crippen LogP contribution in [-0.4, -0.2) is 8.07 Å². The van der Waals surface area contributed by atoms with Crippen molar-refractivity contribution in [3.63, 3.8) is 0 Å². The van der Waals surface area contributed by atoms with Crippen molar-refractivity contribution in [2.75, 3.05) is 0 Å². The minimum Gasteiger partial charge on any atom is -1.00 e. The first kappa shape index (κ1) is 35.0. The van der Waals surface area contributed by atoms with Gasteiger partial charge in [-0.2, -0.15) is 0 Å². The summed E-state index contributed by atoms with van der Waals surface area (Å²) >= 11 is 2.55. The van der Waals surface area contributed by atoms with Gasteiger partial charge in [0.25, 0.3) is 0 Å². The molecule has 1 aliphatic carbocycles. The smallest absolute Gasteiger partial charge is 1.00 e. The molecule has 0 N–H and O–H groups in total. The molecule has 200 valence electrons. The van der Waals surface area contributed by atoms with E-state index in [0.29, 0.717) is 5.92 Å². The van der Waals surface area contributed by atoms with E-state index in [4.69, 9.17) is 0 Å². The van der Waals surface area contributed by atoms with Crippen LogP contribution in [0.5, 0.6) is 0 Å². The summed E-state index contributed by atoms with van der Waals surface area (Å²) in [6.45, 7) is 18.3. The molecule has 0 bridgehead atoms. The third kappa shape index (κ3) is 6.14. The first-order chi connectivity index (χ1) is 16.5. The largest absolute Gasteiger partial charge is 1.00 e. The molecule has 0 aliphatic heterocycles. The zero-order chi connectivity index (χ0) is 25.5. The number of hydrogen-bond donors (Lipinski definition) is 0. The predicted molar refractivity (Wildman–Crippen MR) is 152 cm³/mol. The molecule has 0 saturated heterocycles. The average Bonchev–Trinajstić information content (AvgIpc) is 3.14. The Hall–Kier alpha value is -1.06. The van der Waals surface area contributed by atoms with Crippen LogP contribution in [0.2, 0.25) is 3.34 Å². The molecule has 2 unspecified atom stereocenters. The van der Waals surface area contributed by atoms with Gasteiger partial charge in [-0.25, -0.2) is 0 Å². The molecule has 0 aromatic heterocycles. The first-order valence-corrected chi connectivity index (χ1v) is 15.7. The predicted octanol–water partition coefficient (Wildman–Crippen LogP) is -2.19. The summed E-state index contributed by atoms with van der Waals surface area (Å²) in [5.74, 6) is 0.532. The third-order valence-electron chi connectivity index (χ3n) is 7.78. The maximum absolute atomic E-state index is 2.60. The van der Waals surface area contributed by atoms with Gasteiger partial charge < -0.3 is 37.2 Å². The van der Waals surface area contributed by atoms with Crippen molar-refractivity contribution in [2.24, 2.45) is 5.92 Å². The van der Waals surface area contributed by atoms with E-state index in [2.05, 4.69) is 149 Å². The second kappa shape index (κ2) is 13.5. The summed E-state index contributed by atoms with van der Waals surface area (Å²) in [4.78, 5) is 0. The monoisotopic (exact) mass is 616 g/mol. The Morgan fingerprint density at radius 1 is 0.632 bits per heavy atom. The Bertz CT molecular complexity index is 1160. The molecule has 2 atom stereocenters. The van der Waals surface area contributed by atoms with Gasteiger partial charge in [0.2, 0.25) is 0 Å². The van der Waals surface area contributed by atoms with Gasteiger partial charge in [-0.1, -0.05) is 0 Å². The van der Waals surface area contributed by atoms with Gasteiger partial charge in [0.05, 0.1) is 0 Å². The SMILES string of the molecule is CCC(C)C1=CC=C[C]1([Ti+3])[Si](c1cc(C)cc(C)c1)(c1cc(C)cc(C)c1)c1cc(C)cc(C)c1.[Cl-].[Cl-].[Cl-]. The van der Waals surface area contributed by atoms with Crippen molar-refractivity contribution < 1.29 is 57.7 Å². The molecular formula is C33H39Cl3SiTi. The zero-order valence-corrected chi connectivity index (χ0v) is 28.7. The molecular weight excluding hydrogens is 579 g/mol. The van der Waals surface area contributed by atoms with E-state index in [0.717, 1.165) is 6.42 Å². The van der Waals surface area contributed by atoms with E-state index < -0.39 is 8.07 Å². The van der Waals surface area contributed by atoms with Gasteiger partial charge in [-0.3, -0.25) is 0 Å². The molecule has 0 spiro atoms. The summed E-state index contributed by atoms with van der Waals surface area (Å²) in [7, 11) is -2.60. The van der Waals surface area contributed by atoms with Gasteiger partial charge in [-0.05, 0) is 0 Å². The summed E-state index contributed by atoms with van der Waals surface area (Å²) in [6, 6.07) is 22.0. The molecule has 0 fully saturated rings. The van der Waals surface area contributed by atoms with Crippen molar-refractivity contribution in [1.29, 1.82) is 0 Å². The van der Waals surface area contributed by atoms with Crippen LogP contribution in [0.25, 0.3) is 0 Å². The first-order valence-electron chi connectivity index (χ1n) is 12.9. The fourth-order valence-corrected chi connectivity index (χ4v) is 15.2. The molecule has 3 aromatic rings. The molecule has 0 nitrogen and oxygen atoms in total. The Morgan fingerprint density at radius 2 is 0.947 bits per heavy atom. The van der Waals surface area contributed by atoms with Gasteiger partial charge in [-0.15, -0.1) is 0 Å². The number of benzene rings is 3. The topological polar surface area (TPSA) is 0 Å². The second-order valence-corrected chi connectivity index (χ2v) is 17.0. The molecule has 3 aromatic carbocycles. The standard InChI is InChI=1S/C33H39Si.3ClH.Ti/c1-9-28(8)32-11-10-12-33(32)34(29-16-22(2)13-23(3)17-29,30-18-24(4)14-25(5)19-30)31-20-26(6)15-27(7)21-31;;;;/h10-21,28H,9H2,1-8H3;3*1H;/q;;;;+3/p-3. The van der Waals surface area contributed by atoms with Crippen molar-refractivity contribution in [3.05, 3.63) is 112 Å². The van der Waals surface area contributed by atoms with E-state index in [1.165, 1.54) is 48.9 Å². The third-order valence-corrected chi connectivity index (χ3v) is 15.3. The van der Waals surface area contributed by atoms with Crippen LogP contribution < -0.4 is 52.8 Å². The number of halogens is 3. The van der Waals surface area contributed by atoms with Crippen LogP contribution in [0.4, 0.5) is 0 Å². The zero-order valence-electron chi connectivity index (χ0n) is 23.8. The Labute approximate surface area is 262 Å². The van der Waals surface area contributed by atoms with Crippen LogP contribution in [0, 0.1) is 47.5 Å². The van der Waals surface area contributed by atoms with Gasteiger partial charge >= 0.3 is 227 Å². The van der Waals surface area contributed by atoms with Crippen LogP contribution in [0.15, 0.2) is 78.4 Å². The molecule has 4 rings (SSSR count). The van der Waals surface area contributed by atoms with Crippen LogP contribution in [0.1, 0.15) is 53.6 Å². The maximum Gasteiger partial charge on any atom is -1.00 e. The van der Waals surface area contributed by atoms with Crippen LogP contribution in [-0.2, 0) is 20.4 Å². The minimum atomic E-state index is -2.60. The molecule has 0 amide bonds. The van der Waals surface area contributed by atoms with Crippen LogP contribution in [0.3, 0.4) is 0 Å². The normalized spacial score (nSPS) is 17.2. The maximum atomic E-state index is 2.55. The average molecular weight is 618 g/mol. The molecule has 38 heavy (non-hydrogen) atoms. The van der Waals surface area contributed by atoms with Crippen molar-refractivity contribution in [3.8, 4) is 0 Å². The molecule has 0 radical (unpaired) electrons. The Morgan fingerprint density at radius 3 is 1.24 bits per heavy atom. The quantitative estimate of drug-likeness (QED) is 0.218. The van der Waals surface area contributed by atoms with Gasteiger partial charge in [0.15, 0.2) is 0 Å². The van der Waals surface area contributed by atoms with Crippen LogP contribution >= 0.6 is 0 Å². The number of allylic oxidation sites excluding steroid dienone is 4. The van der Waals surface area contributed by atoms with E-state index in [9.17, 15) is 0 Å². The number of aryl methyl sites for hydroxylation is 6. The molecule has 1 aliphatic rings. The van der Waals surface area contributed by atoms with Crippen molar-refractivity contribution in [2.45, 2.75) is 65.2 Å². The second-order valence-electron chi connectivity index (χ2n) is 11.0. The van der Waals surface area contributed by atoms with Gasteiger partial charge in [0, 0.05) is 0 Å². The van der Waals surface area contributed by atoms with Crippen molar-refractivity contribution in [1.82, 2.24) is 0 Å². The Kier molecular flexibility index (Phi) is 12.5. The van der Waals surface area contributed by atoms with E-state index >= 15 is 0 Å². The summed E-state index contributed by atoms with van der Waals surface area (Å²) in [6.07, 6.45) is 8.48. The van der Waals surface area contributed by atoms with E-state index in [1.54, 1.807) is 5.57 Å². The van der Waals surface area contributed by atoms with E-state index in [-0.39, 0.29) is 40.6 Å². The Balaban J connectivity index is 0.00000241. The fraction of sp³-hybridized carbons (Fsp3) is 0.333. The minimum absolute atomic E-state index is 0. The molecule has 0 saturated carbocycles.